The third-order valence-corrected chi connectivity index (χ3v) is 9.81. The number of hydrogen-bond donors (Lipinski definition) is 3. The van der Waals surface area contributed by atoms with Crippen LogP contribution in [0.15, 0.2) is 58.2 Å². The molecule has 1 aliphatic rings. The fourth-order valence-electron chi connectivity index (χ4n) is 6.86. The smallest absolute Gasteiger partial charge is 0.405 e. The van der Waals surface area contributed by atoms with E-state index in [9.17, 15) is 37.1 Å². The van der Waals surface area contributed by atoms with Crippen LogP contribution in [0, 0.1) is 0 Å². The number of aromatic nitrogens is 6. The number of aryl methyl sites for hydroxylation is 3. The molecule has 338 valence electrons. The second kappa shape index (κ2) is 21.7. The summed E-state index contributed by atoms with van der Waals surface area (Å²) in [4.78, 5) is 71.2. The van der Waals surface area contributed by atoms with E-state index in [0.717, 1.165) is 17.3 Å². The molecule has 6 rings (SSSR count). The Morgan fingerprint density at radius 2 is 1.65 bits per heavy atom. The van der Waals surface area contributed by atoms with E-state index in [2.05, 4.69) is 31.0 Å². The lowest BCUT2D eigenvalue weighted by Gasteiger charge is -2.21. The summed E-state index contributed by atoms with van der Waals surface area (Å²) in [6, 6.07) is 7.67. The first kappa shape index (κ1) is 46.3. The van der Waals surface area contributed by atoms with E-state index in [1.165, 1.54) is 33.8 Å². The normalized spacial score (nSPS) is 14.3. The molecule has 0 radical (unpaired) electrons. The van der Waals surface area contributed by atoms with Crippen LogP contribution in [0.25, 0.3) is 22.5 Å². The van der Waals surface area contributed by atoms with Crippen molar-refractivity contribution in [3.05, 3.63) is 76.4 Å². The van der Waals surface area contributed by atoms with E-state index < -0.39 is 30.6 Å². The molecule has 0 aliphatic carbocycles. The molecule has 1 aliphatic heterocycles. The van der Waals surface area contributed by atoms with Gasteiger partial charge in [-0.1, -0.05) is 12.1 Å². The fourth-order valence-corrected chi connectivity index (χ4v) is 6.86. The Morgan fingerprint density at radius 1 is 0.952 bits per heavy atom. The number of halogens is 3. The number of carbonyl (C=O) groups is 4. The summed E-state index contributed by atoms with van der Waals surface area (Å²) < 4.78 is 70.0. The van der Waals surface area contributed by atoms with Crippen LogP contribution in [0.1, 0.15) is 64.7 Å². The standard InChI is InChI=1S/C41H48F3N9O10/c1-51-23-28(47-37(56)29-24-63-39(48-29)27-12-13-45-33(22-27)46-25-41(42,43)44)35(50-51)32(54)9-5-15-60-17-19-62-21-20-61-18-16-59-14-4-7-26-6-3-8-30-36(26)52(2)40(58)53(30)31-10-11-34(55)49-38(31)57/h3,6,8,12-13,22-24,31H,4-5,7,9-11,14-21,25H2,1-2H3,(H,45,46)(H,47,56)(H,49,55,57). The van der Waals surface area contributed by atoms with Gasteiger partial charge in [-0.3, -0.25) is 38.3 Å². The molecule has 0 spiro atoms. The van der Waals surface area contributed by atoms with Crippen LogP contribution in [-0.2, 0) is 49.1 Å². The zero-order valence-corrected chi connectivity index (χ0v) is 34.7. The number of anilines is 2. The molecular formula is C41H48F3N9O10. The summed E-state index contributed by atoms with van der Waals surface area (Å²) in [7, 11) is 3.28. The molecular weight excluding hydrogens is 835 g/mol. The summed E-state index contributed by atoms with van der Waals surface area (Å²) in [5.74, 6) is -1.87. The average molecular weight is 884 g/mol. The minimum Gasteiger partial charge on any atom is -0.444 e. The molecule has 3 N–H and O–H groups in total. The molecule has 1 aromatic carbocycles. The summed E-state index contributed by atoms with van der Waals surface area (Å²) >= 11 is 0. The van der Waals surface area contributed by atoms with Crippen molar-refractivity contribution in [2.45, 2.75) is 50.7 Å². The van der Waals surface area contributed by atoms with E-state index in [-0.39, 0.29) is 65.4 Å². The first-order chi connectivity index (χ1) is 30.3. The highest BCUT2D eigenvalue weighted by molar-refractivity contribution is 6.08. The van der Waals surface area contributed by atoms with E-state index in [0.29, 0.717) is 83.2 Å². The van der Waals surface area contributed by atoms with Gasteiger partial charge in [0.25, 0.3) is 5.91 Å². The summed E-state index contributed by atoms with van der Waals surface area (Å²) in [6.45, 7) is 1.68. The zero-order valence-electron chi connectivity index (χ0n) is 34.7. The van der Waals surface area contributed by atoms with E-state index in [1.54, 1.807) is 18.7 Å². The van der Waals surface area contributed by atoms with Crippen molar-refractivity contribution in [1.82, 2.24) is 34.2 Å². The van der Waals surface area contributed by atoms with Crippen molar-refractivity contribution in [2.75, 3.05) is 70.0 Å². The van der Waals surface area contributed by atoms with Crippen LogP contribution in [0.4, 0.5) is 24.7 Å². The zero-order chi connectivity index (χ0) is 44.9. The Bertz CT molecular complexity index is 2440. The fraction of sp³-hybridized carbons (Fsp3) is 0.463. The number of amides is 3. The van der Waals surface area contributed by atoms with E-state index >= 15 is 0 Å². The Balaban J connectivity index is 0.802. The Labute approximate surface area is 358 Å². The maximum Gasteiger partial charge on any atom is 0.405 e. The van der Waals surface area contributed by atoms with Crippen LogP contribution in [0.2, 0.25) is 0 Å². The molecule has 1 unspecified atom stereocenters. The summed E-state index contributed by atoms with van der Waals surface area (Å²) in [5.41, 5.74) is 2.47. The number of fused-ring (bicyclic) bond motifs is 1. The number of para-hydroxylation sites is 1. The quantitative estimate of drug-likeness (QED) is 0.0453. The average Bonchev–Trinajstić information content (AvgIpc) is 3.96. The largest absolute Gasteiger partial charge is 0.444 e. The molecule has 1 saturated heterocycles. The highest BCUT2D eigenvalue weighted by Gasteiger charge is 2.32. The van der Waals surface area contributed by atoms with Gasteiger partial charge in [0.2, 0.25) is 17.7 Å². The highest BCUT2D eigenvalue weighted by Crippen LogP contribution is 2.26. The van der Waals surface area contributed by atoms with Gasteiger partial charge in [-0.2, -0.15) is 18.3 Å². The lowest BCUT2D eigenvalue weighted by molar-refractivity contribution is -0.135. The lowest BCUT2D eigenvalue weighted by Crippen LogP contribution is -2.44. The van der Waals surface area contributed by atoms with Gasteiger partial charge in [0, 0.05) is 58.1 Å². The predicted molar refractivity (Wildman–Crippen MR) is 219 cm³/mol. The number of rotatable bonds is 24. The molecule has 22 heteroatoms. The van der Waals surface area contributed by atoms with Crippen molar-refractivity contribution in [2.24, 2.45) is 14.1 Å². The van der Waals surface area contributed by atoms with Crippen molar-refractivity contribution in [3.8, 4) is 11.5 Å². The molecule has 19 nitrogen and oxygen atoms in total. The number of alkyl halides is 3. The number of benzene rings is 1. The number of imidazole rings is 1. The molecule has 5 aromatic rings. The predicted octanol–water partition coefficient (Wildman–Crippen LogP) is 3.99. The minimum atomic E-state index is -4.43. The monoisotopic (exact) mass is 883 g/mol. The maximum absolute atomic E-state index is 13.1. The van der Waals surface area contributed by atoms with Crippen LogP contribution in [-0.4, -0.2) is 118 Å². The van der Waals surface area contributed by atoms with Gasteiger partial charge in [-0.15, -0.1) is 0 Å². The minimum absolute atomic E-state index is 0.0171. The molecule has 0 bridgehead atoms. The van der Waals surface area contributed by atoms with Gasteiger partial charge in [-0.25, -0.2) is 14.8 Å². The Morgan fingerprint density at radius 3 is 2.35 bits per heavy atom. The number of hydrogen-bond acceptors (Lipinski definition) is 14. The molecule has 1 fully saturated rings. The Kier molecular flexibility index (Phi) is 16.0. The van der Waals surface area contributed by atoms with Gasteiger partial charge in [0.05, 0.1) is 56.4 Å². The summed E-state index contributed by atoms with van der Waals surface area (Å²) in [6.07, 6.45) is 1.74. The van der Waals surface area contributed by atoms with Gasteiger partial charge in [0.15, 0.2) is 17.2 Å². The number of nitrogens with one attached hydrogen (secondary N) is 3. The second-order valence-corrected chi connectivity index (χ2v) is 14.5. The molecule has 4 aromatic heterocycles. The molecule has 3 amide bonds. The second-order valence-electron chi connectivity index (χ2n) is 14.5. The van der Waals surface area contributed by atoms with Crippen molar-refractivity contribution < 1.29 is 55.7 Å². The van der Waals surface area contributed by atoms with Gasteiger partial charge < -0.3 is 34.0 Å². The van der Waals surface area contributed by atoms with Crippen LogP contribution < -0.4 is 21.6 Å². The molecule has 1 atom stereocenters. The maximum atomic E-state index is 13.1. The topological polar surface area (TPSA) is 225 Å². The third kappa shape index (κ3) is 12.7. The number of oxazole rings is 1. The van der Waals surface area contributed by atoms with Crippen LogP contribution >= 0.6 is 0 Å². The number of imide groups is 1. The number of piperidine rings is 1. The number of ketones is 1. The number of Topliss-reactive ketones (excluding diaryl/α,β-unsaturated/α-hetero) is 1. The van der Waals surface area contributed by atoms with Crippen LogP contribution in [0.3, 0.4) is 0 Å². The number of pyridine rings is 1. The number of carbonyl (C=O) groups excluding carboxylic acids is 4. The van der Waals surface area contributed by atoms with E-state index in [4.69, 9.17) is 23.4 Å². The number of nitrogens with zero attached hydrogens (tertiary/aromatic N) is 6. The third-order valence-electron chi connectivity index (χ3n) is 9.81. The van der Waals surface area contributed by atoms with Crippen LogP contribution in [0.5, 0.6) is 0 Å². The SMILES string of the molecule is Cn1cc(NC(=O)c2coc(-c3ccnc(NCC(F)(F)F)c3)n2)c(C(=O)CCCOCCOCCOCCOCCCc2cccc3c2n(C)c(=O)n3C2CCC(=O)NC2=O)n1. The summed E-state index contributed by atoms with van der Waals surface area (Å²) in [5, 5.41) is 11.3. The first-order valence-corrected chi connectivity index (χ1v) is 20.2. The molecule has 63 heavy (non-hydrogen) atoms. The van der Waals surface area contributed by atoms with Gasteiger partial charge in [0.1, 0.15) is 24.7 Å². The van der Waals surface area contributed by atoms with Gasteiger partial charge >= 0.3 is 11.9 Å². The molecule has 5 heterocycles. The van der Waals surface area contributed by atoms with E-state index in [1.807, 2.05) is 18.2 Å². The highest BCUT2D eigenvalue weighted by atomic mass is 19.4. The first-order valence-electron chi connectivity index (χ1n) is 20.2. The van der Waals surface area contributed by atoms with Crippen molar-refractivity contribution in [1.29, 1.82) is 0 Å². The van der Waals surface area contributed by atoms with Crippen molar-refractivity contribution >= 4 is 46.0 Å². The molecule has 0 saturated carbocycles. The van der Waals surface area contributed by atoms with Gasteiger partial charge in [-0.05, 0) is 49.4 Å². The van der Waals surface area contributed by atoms with Crippen molar-refractivity contribution in [3.63, 3.8) is 0 Å². The Hall–Kier alpha value is -6.23. The lowest BCUT2D eigenvalue weighted by atomic mass is 10.0. The number of ether oxygens (including phenoxy) is 4.